The van der Waals surface area contributed by atoms with Crippen molar-refractivity contribution in [2.24, 2.45) is 0 Å². The summed E-state index contributed by atoms with van der Waals surface area (Å²) in [6.07, 6.45) is 0.328. The fraction of sp³-hybridized carbons (Fsp3) is 0.652. The van der Waals surface area contributed by atoms with Gasteiger partial charge in [0.1, 0.15) is 0 Å². The number of rotatable bonds is 15. The summed E-state index contributed by atoms with van der Waals surface area (Å²) in [6.45, 7) is 1.36. The number of benzene rings is 1. The molecule has 0 aliphatic carbocycles. The highest BCUT2D eigenvalue weighted by molar-refractivity contribution is 5.77. The first-order chi connectivity index (χ1) is 14.9. The summed E-state index contributed by atoms with van der Waals surface area (Å²) in [7, 11) is 5.86. The van der Waals surface area contributed by atoms with E-state index in [2.05, 4.69) is 5.32 Å². The topological polar surface area (TPSA) is 75.6 Å². The molecular weight excluding hydrogens is 425 g/mol. The van der Waals surface area contributed by atoms with Crippen molar-refractivity contribution in [3.63, 3.8) is 0 Å². The lowest BCUT2D eigenvalue weighted by molar-refractivity contribution is -0.871. The van der Waals surface area contributed by atoms with Crippen LogP contribution in [0.4, 0.5) is 13.2 Å². The molecule has 1 aromatic carbocycles. The Balaban J connectivity index is 2.11. The van der Waals surface area contributed by atoms with Crippen LogP contribution in [0.15, 0.2) is 24.3 Å². The van der Waals surface area contributed by atoms with Crippen LogP contribution in [-0.2, 0) is 27.1 Å². The number of ether oxygens (including phenoxy) is 1. The van der Waals surface area contributed by atoms with Crippen LogP contribution in [0.1, 0.15) is 56.1 Å². The number of nitrogens with one attached hydrogen (secondary N) is 1. The van der Waals surface area contributed by atoms with E-state index >= 15 is 0 Å². The number of nitrogens with zero attached hydrogens (tertiary/aromatic N) is 1. The molecule has 9 heteroatoms. The number of carbonyl (C=O) groups is 2. The maximum absolute atomic E-state index is 12.5. The van der Waals surface area contributed by atoms with Gasteiger partial charge in [-0.2, -0.15) is 13.2 Å². The lowest BCUT2D eigenvalue weighted by Crippen LogP contribution is -2.49. The molecule has 0 fully saturated rings. The van der Waals surface area contributed by atoms with Crippen molar-refractivity contribution in [1.29, 1.82) is 0 Å². The predicted octanol–water partition coefficient (Wildman–Crippen LogP) is 4.23. The smallest absolute Gasteiger partial charge is 0.416 e. The molecule has 0 spiro atoms. The van der Waals surface area contributed by atoms with Crippen molar-refractivity contribution < 1.29 is 37.1 Å². The number of alkyl halides is 3. The molecule has 1 rings (SSSR count). The van der Waals surface area contributed by atoms with Crippen LogP contribution in [0.25, 0.3) is 0 Å². The molecule has 0 bridgehead atoms. The molecular formula is C23H36F3N2O4+. The number of hydrogen-bond donors (Lipinski definition) is 2. The minimum absolute atomic E-state index is 0.0896. The highest BCUT2D eigenvalue weighted by atomic mass is 19.4. The largest absolute Gasteiger partial charge is 0.481 e. The van der Waals surface area contributed by atoms with Crippen LogP contribution in [0.2, 0.25) is 0 Å². The zero-order chi connectivity index (χ0) is 24.2. The highest BCUT2D eigenvalue weighted by Crippen LogP contribution is 2.29. The van der Waals surface area contributed by atoms with Gasteiger partial charge in [-0.15, -0.1) is 0 Å². The molecule has 0 saturated heterocycles. The normalized spacial score (nSPS) is 13.1. The second kappa shape index (κ2) is 13.4. The van der Waals surface area contributed by atoms with Crippen molar-refractivity contribution in [3.8, 4) is 0 Å². The molecule has 1 atom stereocenters. The first-order valence-electron chi connectivity index (χ1n) is 10.9. The Morgan fingerprint density at radius 2 is 1.62 bits per heavy atom. The lowest BCUT2D eigenvalue weighted by atomic mass is 10.1. The minimum Gasteiger partial charge on any atom is -0.481 e. The second-order valence-electron chi connectivity index (χ2n) is 9.10. The zero-order valence-electron chi connectivity index (χ0n) is 19.2. The van der Waals surface area contributed by atoms with Crippen LogP contribution in [0.3, 0.4) is 0 Å². The van der Waals surface area contributed by atoms with E-state index in [1.165, 1.54) is 12.1 Å². The van der Waals surface area contributed by atoms with Crippen LogP contribution >= 0.6 is 0 Å². The monoisotopic (exact) mass is 461 g/mol. The van der Waals surface area contributed by atoms with Crippen molar-refractivity contribution >= 4 is 11.9 Å². The van der Waals surface area contributed by atoms with Crippen molar-refractivity contribution in [1.82, 2.24) is 5.32 Å². The molecule has 6 nitrogen and oxygen atoms in total. The Morgan fingerprint density at radius 1 is 1.03 bits per heavy atom. The van der Waals surface area contributed by atoms with Crippen LogP contribution in [0.5, 0.6) is 0 Å². The Labute approximate surface area is 188 Å². The van der Waals surface area contributed by atoms with Gasteiger partial charge in [-0.3, -0.25) is 9.59 Å². The van der Waals surface area contributed by atoms with E-state index in [4.69, 9.17) is 9.84 Å². The number of halogens is 3. The van der Waals surface area contributed by atoms with E-state index in [0.29, 0.717) is 29.6 Å². The summed E-state index contributed by atoms with van der Waals surface area (Å²) < 4.78 is 43.7. The summed E-state index contributed by atoms with van der Waals surface area (Å²) in [5.41, 5.74) is 0.0381. The molecule has 1 amide bonds. The summed E-state index contributed by atoms with van der Waals surface area (Å²) >= 11 is 0. The molecule has 32 heavy (non-hydrogen) atoms. The van der Waals surface area contributed by atoms with Crippen LogP contribution in [0, 0.1) is 0 Å². The van der Waals surface area contributed by atoms with E-state index in [-0.39, 0.29) is 25.0 Å². The molecule has 2 N–H and O–H groups in total. The Bertz CT molecular complexity index is 701. The highest BCUT2D eigenvalue weighted by Gasteiger charge is 2.29. The van der Waals surface area contributed by atoms with Gasteiger partial charge in [-0.05, 0) is 30.5 Å². The average molecular weight is 462 g/mol. The standard InChI is InChI=1S/C23H35F3N2O4/c1-28(2,3)16-20(15-22(30)31)27-21(29)9-7-5-4-6-8-14-32-17-18-10-12-19(13-11-18)23(24,25)26/h10-13,20H,4-9,14-17H2,1-3H3,(H-,27,29,30,31)/p+1. The third-order valence-corrected chi connectivity index (χ3v) is 4.80. The van der Waals surface area contributed by atoms with Gasteiger partial charge in [-0.25, -0.2) is 0 Å². The first kappa shape index (κ1) is 27.9. The van der Waals surface area contributed by atoms with Gasteiger partial charge in [0, 0.05) is 13.0 Å². The number of likely N-dealkylation sites (N-methyl/N-ethyl adjacent to an activating group) is 1. The number of hydrogen-bond acceptors (Lipinski definition) is 3. The van der Waals surface area contributed by atoms with Crippen molar-refractivity contribution in [3.05, 3.63) is 35.4 Å². The third kappa shape index (κ3) is 13.3. The summed E-state index contributed by atoms with van der Waals surface area (Å²) in [5.74, 6) is -1.05. The molecule has 0 aliphatic rings. The molecule has 0 aromatic heterocycles. The van der Waals surface area contributed by atoms with Crippen molar-refractivity contribution in [2.45, 2.75) is 63.8 Å². The number of carbonyl (C=O) groups excluding carboxylic acids is 1. The number of aliphatic carboxylic acids is 1. The number of quaternary nitrogens is 1. The lowest BCUT2D eigenvalue weighted by Gasteiger charge is -2.29. The number of unbranched alkanes of at least 4 members (excludes halogenated alkanes) is 4. The van der Waals surface area contributed by atoms with Gasteiger partial charge < -0.3 is 19.6 Å². The quantitative estimate of drug-likeness (QED) is 0.303. The number of carboxylic acids is 1. The molecule has 182 valence electrons. The van der Waals surface area contributed by atoms with Gasteiger partial charge in [0.2, 0.25) is 5.91 Å². The summed E-state index contributed by atoms with van der Waals surface area (Å²) in [6, 6.07) is 4.58. The van der Waals surface area contributed by atoms with E-state index in [1.54, 1.807) is 0 Å². The average Bonchev–Trinajstić information content (AvgIpc) is 2.64. The predicted molar refractivity (Wildman–Crippen MR) is 116 cm³/mol. The molecule has 0 aliphatic heterocycles. The molecule has 1 aromatic rings. The summed E-state index contributed by atoms with van der Waals surface area (Å²) in [4.78, 5) is 23.1. The maximum Gasteiger partial charge on any atom is 0.416 e. The third-order valence-electron chi connectivity index (χ3n) is 4.80. The SMILES string of the molecule is C[N+](C)(C)CC(CC(=O)O)NC(=O)CCCCCCCOCc1ccc(C(F)(F)F)cc1. The number of amides is 1. The van der Waals surface area contributed by atoms with Crippen molar-refractivity contribution in [2.75, 3.05) is 34.3 Å². The Morgan fingerprint density at radius 3 is 2.19 bits per heavy atom. The Hall–Kier alpha value is -2.13. The van der Waals surface area contributed by atoms with Gasteiger partial charge in [0.05, 0.1) is 52.3 Å². The fourth-order valence-electron chi connectivity index (χ4n) is 3.33. The molecule has 0 saturated carbocycles. The molecule has 0 heterocycles. The van der Waals surface area contributed by atoms with Gasteiger partial charge in [-0.1, -0.05) is 31.4 Å². The van der Waals surface area contributed by atoms with E-state index in [9.17, 15) is 22.8 Å². The van der Waals surface area contributed by atoms with Gasteiger partial charge in [0.25, 0.3) is 0 Å². The van der Waals surface area contributed by atoms with Crippen LogP contribution < -0.4 is 5.32 Å². The van der Waals surface area contributed by atoms with Crippen LogP contribution in [-0.4, -0.2) is 61.8 Å². The summed E-state index contributed by atoms with van der Waals surface area (Å²) in [5, 5.41) is 11.9. The van der Waals surface area contributed by atoms with E-state index < -0.39 is 17.7 Å². The van der Waals surface area contributed by atoms with Gasteiger partial charge in [0.15, 0.2) is 0 Å². The van der Waals surface area contributed by atoms with E-state index in [0.717, 1.165) is 44.2 Å². The second-order valence-corrected chi connectivity index (χ2v) is 9.10. The fourth-order valence-corrected chi connectivity index (χ4v) is 3.33. The van der Waals surface area contributed by atoms with E-state index in [1.807, 2.05) is 21.1 Å². The molecule has 0 radical (unpaired) electrons. The zero-order valence-corrected chi connectivity index (χ0v) is 19.2. The molecule has 1 unspecified atom stereocenters. The number of carboxylic acid groups (broad SMARTS) is 1. The maximum atomic E-state index is 12.5. The first-order valence-corrected chi connectivity index (χ1v) is 10.9. The minimum atomic E-state index is -4.33. The van der Waals surface area contributed by atoms with Gasteiger partial charge >= 0.3 is 12.1 Å². The Kier molecular flexibility index (Phi) is 11.7.